The molecule has 2 unspecified atom stereocenters. The van der Waals surface area contributed by atoms with E-state index in [-0.39, 0.29) is 11.8 Å². The first-order chi connectivity index (χ1) is 14.7. The lowest BCUT2D eigenvalue weighted by molar-refractivity contribution is -0.133. The molecule has 1 N–H and O–H groups in total. The van der Waals surface area contributed by atoms with E-state index in [1.807, 2.05) is 41.3 Å². The van der Waals surface area contributed by atoms with Crippen molar-refractivity contribution < 1.29 is 9.59 Å². The Labute approximate surface area is 174 Å². The summed E-state index contributed by atoms with van der Waals surface area (Å²) in [5.41, 5.74) is 2.62. The topological polar surface area (TPSA) is 88.1 Å². The molecule has 7 heteroatoms. The highest BCUT2D eigenvalue weighted by Crippen LogP contribution is 2.54. The van der Waals surface area contributed by atoms with Crippen molar-refractivity contribution in [1.29, 1.82) is 0 Å². The van der Waals surface area contributed by atoms with Gasteiger partial charge in [-0.1, -0.05) is 24.3 Å². The normalized spacial score (nSPS) is 22.2. The van der Waals surface area contributed by atoms with Crippen molar-refractivity contribution in [2.45, 2.75) is 30.7 Å². The first kappa shape index (κ1) is 18.4. The Morgan fingerprint density at radius 1 is 1.10 bits per heavy atom. The van der Waals surface area contributed by atoms with Gasteiger partial charge in [-0.25, -0.2) is 0 Å². The SMILES string of the molecule is O=C(CCc1cnccn1)N1CCC2(C(=O)Nc3ccccc32)C1c1cccnc1. The monoisotopic (exact) mass is 399 g/mol. The molecule has 2 atom stereocenters. The van der Waals surface area contributed by atoms with Gasteiger partial charge in [0.15, 0.2) is 0 Å². The molecule has 2 aliphatic rings. The van der Waals surface area contributed by atoms with Crippen molar-refractivity contribution in [2.24, 2.45) is 0 Å². The van der Waals surface area contributed by atoms with Crippen LogP contribution in [0.4, 0.5) is 5.69 Å². The van der Waals surface area contributed by atoms with Crippen molar-refractivity contribution in [3.8, 4) is 0 Å². The Kier molecular flexibility index (Phi) is 4.50. The first-order valence-electron chi connectivity index (χ1n) is 10.1. The van der Waals surface area contributed by atoms with Gasteiger partial charge in [-0.2, -0.15) is 0 Å². The molecule has 30 heavy (non-hydrogen) atoms. The highest BCUT2D eigenvalue weighted by atomic mass is 16.2. The average molecular weight is 399 g/mol. The summed E-state index contributed by atoms with van der Waals surface area (Å²) in [5, 5.41) is 3.03. The molecule has 1 fully saturated rings. The minimum Gasteiger partial charge on any atom is -0.334 e. The number of hydrogen-bond acceptors (Lipinski definition) is 5. The third-order valence-electron chi connectivity index (χ3n) is 6.12. The molecule has 0 radical (unpaired) electrons. The molecule has 0 aliphatic carbocycles. The van der Waals surface area contributed by atoms with E-state index in [0.29, 0.717) is 25.8 Å². The third kappa shape index (κ3) is 2.85. The number of likely N-dealkylation sites (tertiary alicyclic amines) is 1. The molecular weight excluding hydrogens is 378 g/mol. The summed E-state index contributed by atoms with van der Waals surface area (Å²) in [7, 11) is 0. The fraction of sp³-hybridized carbons (Fsp3) is 0.261. The van der Waals surface area contributed by atoms with E-state index in [0.717, 1.165) is 22.5 Å². The largest absolute Gasteiger partial charge is 0.334 e. The summed E-state index contributed by atoms with van der Waals surface area (Å²) in [6, 6.07) is 11.2. The third-order valence-corrected chi connectivity index (χ3v) is 6.12. The van der Waals surface area contributed by atoms with Gasteiger partial charge in [-0.3, -0.25) is 24.5 Å². The molecule has 3 aromatic rings. The molecule has 2 amide bonds. The molecule has 1 saturated heterocycles. The fourth-order valence-corrected chi connectivity index (χ4v) is 4.79. The molecule has 1 spiro atoms. The summed E-state index contributed by atoms with van der Waals surface area (Å²) in [6.07, 6.45) is 9.79. The lowest BCUT2D eigenvalue weighted by Crippen LogP contribution is -2.42. The first-order valence-corrected chi connectivity index (χ1v) is 10.1. The number of para-hydroxylation sites is 1. The Morgan fingerprint density at radius 3 is 2.77 bits per heavy atom. The predicted molar refractivity (Wildman–Crippen MR) is 110 cm³/mol. The van der Waals surface area contributed by atoms with Gasteiger partial charge in [0.25, 0.3) is 0 Å². The number of carbonyl (C=O) groups excluding carboxylic acids is 2. The number of aryl methyl sites for hydroxylation is 1. The number of benzene rings is 1. The highest BCUT2D eigenvalue weighted by Gasteiger charge is 2.59. The quantitative estimate of drug-likeness (QED) is 0.729. The van der Waals surface area contributed by atoms with Gasteiger partial charge in [0.2, 0.25) is 11.8 Å². The maximum atomic E-state index is 13.3. The molecule has 4 heterocycles. The zero-order valence-corrected chi connectivity index (χ0v) is 16.4. The summed E-state index contributed by atoms with van der Waals surface area (Å²) in [6.45, 7) is 0.515. The van der Waals surface area contributed by atoms with Crippen LogP contribution in [-0.2, 0) is 21.4 Å². The van der Waals surface area contributed by atoms with Gasteiger partial charge in [0, 0.05) is 49.6 Å². The summed E-state index contributed by atoms with van der Waals surface area (Å²) < 4.78 is 0. The van der Waals surface area contributed by atoms with Gasteiger partial charge in [0.1, 0.15) is 5.41 Å². The number of amides is 2. The van der Waals surface area contributed by atoms with Crippen LogP contribution in [0.25, 0.3) is 0 Å². The number of carbonyl (C=O) groups is 2. The van der Waals surface area contributed by atoms with E-state index < -0.39 is 11.5 Å². The van der Waals surface area contributed by atoms with E-state index in [1.165, 1.54) is 0 Å². The van der Waals surface area contributed by atoms with Crippen LogP contribution >= 0.6 is 0 Å². The summed E-state index contributed by atoms with van der Waals surface area (Å²) >= 11 is 0. The highest BCUT2D eigenvalue weighted by molar-refractivity contribution is 6.07. The summed E-state index contributed by atoms with van der Waals surface area (Å²) in [5.74, 6) is -0.0506. The van der Waals surface area contributed by atoms with E-state index >= 15 is 0 Å². The molecular formula is C23H21N5O2. The molecule has 2 aromatic heterocycles. The minimum absolute atomic E-state index is 0.00330. The zero-order valence-electron chi connectivity index (χ0n) is 16.4. The van der Waals surface area contributed by atoms with E-state index in [1.54, 1.807) is 31.0 Å². The Balaban J connectivity index is 1.51. The van der Waals surface area contributed by atoms with Crippen LogP contribution in [0.5, 0.6) is 0 Å². The van der Waals surface area contributed by atoms with E-state index in [9.17, 15) is 9.59 Å². The molecule has 0 saturated carbocycles. The van der Waals surface area contributed by atoms with Gasteiger partial charge >= 0.3 is 0 Å². The van der Waals surface area contributed by atoms with Gasteiger partial charge in [-0.15, -0.1) is 0 Å². The number of hydrogen-bond donors (Lipinski definition) is 1. The van der Waals surface area contributed by atoms with Crippen LogP contribution in [0, 0.1) is 0 Å². The minimum atomic E-state index is -0.804. The van der Waals surface area contributed by atoms with Crippen molar-refractivity contribution in [2.75, 3.05) is 11.9 Å². The molecule has 2 aliphatic heterocycles. The Morgan fingerprint density at radius 2 is 1.97 bits per heavy atom. The molecule has 0 bridgehead atoms. The van der Waals surface area contributed by atoms with Crippen molar-refractivity contribution >= 4 is 17.5 Å². The number of nitrogens with one attached hydrogen (secondary N) is 1. The molecule has 5 rings (SSSR count). The molecule has 1 aromatic carbocycles. The predicted octanol–water partition coefficient (Wildman–Crippen LogP) is 2.67. The Bertz CT molecular complexity index is 1090. The van der Waals surface area contributed by atoms with Crippen LogP contribution in [0.15, 0.2) is 67.4 Å². The van der Waals surface area contributed by atoms with Crippen LogP contribution in [0.3, 0.4) is 0 Å². The number of rotatable bonds is 4. The Hall–Kier alpha value is -3.61. The van der Waals surface area contributed by atoms with Crippen LogP contribution in [0.2, 0.25) is 0 Å². The maximum Gasteiger partial charge on any atom is 0.237 e. The van der Waals surface area contributed by atoms with Crippen molar-refractivity contribution in [3.63, 3.8) is 0 Å². The van der Waals surface area contributed by atoms with Crippen LogP contribution in [-0.4, -0.2) is 38.2 Å². The van der Waals surface area contributed by atoms with Gasteiger partial charge in [-0.05, 0) is 36.1 Å². The van der Waals surface area contributed by atoms with Gasteiger partial charge < -0.3 is 10.2 Å². The van der Waals surface area contributed by atoms with Gasteiger partial charge in [0.05, 0.1) is 11.7 Å². The van der Waals surface area contributed by atoms with Crippen LogP contribution < -0.4 is 5.32 Å². The average Bonchev–Trinajstić information content (AvgIpc) is 3.33. The summed E-state index contributed by atoms with van der Waals surface area (Å²) in [4.78, 5) is 41.0. The second-order valence-corrected chi connectivity index (χ2v) is 7.69. The van der Waals surface area contributed by atoms with Crippen molar-refractivity contribution in [3.05, 3.63) is 84.2 Å². The van der Waals surface area contributed by atoms with Crippen molar-refractivity contribution in [1.82, 2.24) is 19.9 Å². The lowest BCUT2D eigenvalue weighted by Gasteiger charge is -2.34. The second kappa shape index (κ2) is 7.33. The number of aromatic nitrogens is 3. The zero-order chi connectivity index (χ0) is 20.6. The van der Waals surface area contributed by atoms with E-state index in [2.05, 4.69) is 20.3 Å². The molecule has 7 nitrogen and oxygen atoms in total. The number of fused-ring (bicyclic) bond motifs is 2. The molecule has 150 valence electrons. The number of pyridine rings is 1. The smallest absolute Gasteiger partial charge is 0.237 e. The second-order valence-electron chi connectivity index (χ2n) is 7.69. The van der Waals surface area contributed by atoms with Crippen LogP contribution in [0.1, 0.15) is 35.7 Å². The maximum absolute atomic E-state index is 13.3. The lowest BCUT2D eigenvalue weighted by atomic mass is 9.73. The standard InChI is InChI=1S/C23H21N5O2/c29-20(8-7-17-15-25-11-12-26-17)28-13-9-23(21(28)16-4-3-10-24-14-16)18-5-1-2-6-19(18)27-22(23)30/h1-6,10-12,14-15,21H,7-9,13H2,(H,27,30). The van der Waals surface area contributed by atoms with E-state index in [4.69, 9.17) is 0 Å². The number of nitrogens with zero attached hydrogens (tertiary/aromatic N) is 4. The number of anilines is 1. The fourth-order valence-electron chi connectivity index (χ4n) is 4.79.